The Morgan fingerprint density at radius 2 is 2.04 bits per heavy atom. The van der Waals surface area contributed by atoms with Gasteiger partial charge in [-0.1, -0.05) is 23.4 Å². The number of furan rings is 1. The summed E-state index contributed by atoms with van der Waals surface area (Å²) in [5.74, 6) is 0.979. The van der Waals surface area contributed by atoms with E-state index >= 15 is 0 Å². The Balaban J connectivity index is 1.66. The van der Waals surface area contributed by atoms with Gasteiger partial charge in [0, 0.05) is 18.1 Å². The summed E-state index contributed by atoms with van der Waals surface area (Å²) < 4.78 is 6.97. The highest BCUT2D eigenvalue weighted by atomic mass is 35.5. The Morgan fingerprint density at radius 1 is 1.21 bits per heavy atom. The minimum atomic E-state index is -0.175. The first-order chi connectivity index (χ1) is 13.6. The molecule has 0 unspecified atom stereocenters. The molecular formula is C20H20ClN3O3S. The third kappa shape index (κ3) is 4.10. The summed E-state index contributed by atoms with van der Waals surface area (Å²) in [6.07, 6.45) is 4.84. The lowest BCUT2D eigenvalue weighted by atomic mass is 10.1. The topological polar surface area (TPSA) is 68.3 Å². The monoisotopic (exact) mass is 417 g/mol. The molecule has 3 aromatic rings. The van der Waals surface area contributed by atoms with E-state index in [-0.39, 0.29) is 23.8 Å². The van der Waals surface area contributed by atoms with Gasteiger partial charge in [0.05, 0.1) is 29.5 Å². The number of thioether (sulfide) groups is 1. The second-order valence-electron chi connectivity index (χ2n) is 6.76. The maximum Gasteiger partial charge on any atom is 0.262 e. The van der Waals surface area contributed by atoms with Gasteiger partial charge in [0.1, 0.15) is 5.76 Å². The standard InChI is InChI=1S/C20H20ClN3O3S/c21-14-6-7-16-17(11-14)22-20(24(19(16)26)12-15-5-4-10-27-15)28-13-18(25)23-8-2-1-3-9-23/h4-7,10-11H,1-3,8-9,12-13H2. The number of carbonyl (C=O) groups is 1. The third-order valence-electron chi connectivity index (χ3n) is 4.81. The van der Waals surface area contributed by atoms with Crippen molar-refractivity contribution >= 4 is 40.2 Å². The van der Waals surface area contributed by atoms with Crippen LogP contribution in [0.2, 0.25) is 5.02 Å². The first-order valence-electron chi connectivity index (χ1n) is 9.25. The average molecular weight is 418 g/mol. The van der Waals surface area contributed by atoms with Crippen molar-refractivity contribution in [3.8, 4) is 0 Å². The fraction of sp³-hybridized carbons (Fsp3) is 0.350. The quantitative estimate of drug-likeness (QED) is 0.466. The second kappa shape index (κ2) is 8.41. The van der Waals surface area contributed by atoms with Gasteiger partial charge in [-0.3, -0.25) is 14.2 Å². The number of halogens is 1. The fourth-order valence-corrected chi connectivity index (χ4v) is 4.41. The molecule has 6 nitrogen and oxygen atoms in total. The number of hydrogen-bond acceptors (Lipinski definition) is 5. The zero-order valence-corrected chi connectivity index (χ0v) is 16.8. The van der Waals surface area contributed by atoms with Gasteiger partial charge in [0.15, 0.2) is 5.16 Å². The number of piperidine rings is 1. The van der Waals surface area contributed by atoms with Crippen LogP contribution in [0.25, 0.3) is 10.9 Å². The molecule has 4 rings (SSSR count). The summed E-state index contributed by atoms with van der Waals surface area (Å²) in [5, 5.41) is 1.49. The van der Waals surface area contributed by atoms with Gasteiger partial charge in [-0.2, -0.15) is 0 Å². The van der Waals surface area contributed by atoms with Crippen molar-refractivity contribution in [2.75, 3.05) is 18.8 Å². The van der Waals surface area contributed by atoms with Crippen LogP contribution in [0.3, 0.4) is 0 Å². The van der Waals surface area contributed by atoms with Gasteiger partial charge in [-0.25, -0.2) is 4.98 Å². The van der Waals surface area contributed by atoms with Crippen molar-refractivity contribution in [1.29, 1.82) is 0 Å². The van der Waals surface area contributed by atoms with E-state index in [1.807, 2.05) is 11.0 Å². The third-order valence-corrected chi connectivity index (χ3v) is 6.01. The SMILES string of the molecule is O=C(CSc1nc2cc(Cl)ccc2c(=O)n1Cc1ccco1)N1CCCCC1. The number of likely N-dealkylation sites (tertiary alicyclic amines) is 1. The molecule has 0 radical (unpaired) electrons. The molecule has 3 heterocycles. The second-order valence-corrected chi connectivity index (χ2v) is 8.14. The molecule has 0 bridgehead atoms. The van der Waals surface area contributed by atoms with E-state index in [4.69, 9.17) is 16.0 Å². The van der Waals surface area contributed by atoms with Crippen LogP contribution < -0.4 is 5.56 Å². The molecule has 146 valence electrons. The van der Waals surface area contributed by atoms with Crippen molar-refractivity contribution in [2.24, 2.45) is 0 Å². The summed E-state index contributed by atoms with van der Waals surface area (Å²) in [6, 6.07) is 8.62. The molecule has 1 aliphatic rings. The number of rotatable bonds is 5. The van der Waals surface area contributed by atoms with Gasteiger partial charge in [0.2, 0.25) is 5.91 Å². The molecule has 0 N–H and O–H groups in total. The average Bonchev–Trinajstić information content (AvgIpc) is 3.22. The Kier molecular flexibility index (Phi) is 5.73. The van der Waals surface area contributed by atoms with Crippen molar-refractivity contribution in [2.45, 2.75) is 31.0 Å². The number of amides is 1. The van der Waals surface area contributed by atoms with E-state index in [1.165, 1.54) is 18.2 Å². The van der Waals surface area contributed by atoms with Crippen LogP contribution in [-0.2, 0) is 11.3 Å². The van der Waals surface area contributed by atoms with Crippen molar-refractivity contribution in [3.05, 3.63) is 57.7 Å². The normalized spacial score (nSPS) is 14.5. The first kappa shape index (κ1) is 19.1. The van der Waals surface area contributed by atoms with Crippen molar-refractivity contribution < 1.29 is 9.21 Å². The van der Waals surface area contributed by atoms with E-state index in [9.17, 15) is 9.59 Å². The largest absolute Gasteiger partial charge is 0.467 e. The lowest BCUT2D eigenvalue weighted by molar-refractivity contribution is -0.129. The van der Waals surface area contributed by atoms with Crippen LogP contribution in [0.15, 0.2) is 51.0 Å². The summed E-state index contributed by atoms with van der Waals surface area (Å²) in [6.45, 7) is 1.87. The zero-order chi connectivity index (χ0) is 19.5. The maximum absolute atomic E-state index is 13.1. The minimum absolute atomic E-state index is 0.0784. The molecule has 1 aromatic carbocycles. The smallest absolute Gasteiger partial charge is 0.262 e. The number of aromatic nitrogens is 2. The van der Waals surface area contributed by atoms with Crippen LogP contribution in [0.1, 0.15) is 25.0 Å². The Hall–Kier alpha value is -2.25. The van der Waals surface area contributed by atoms with Gasteiger partial charge in [-0.05, 0) is 49.6 Å². The Bertz CT molecular complexity index is 1040. The summed E-state index contributed by atoms with van der Waals surface area (Å²) >= 11 is 7.36. The molecule has 8 heteroatoms. The van der Waals surface area contributed by atoms with E-state index in [0.717, 1.165) is 25.9 Å². The molecule has 2 aromatic heterocycles. The predicted molar refractivity (Wildman–Crippen MR) is 110 cm³/mol. The van der Waals surface area contributed by atoms with Crippen LogP contribution in [0, 0.1) is 0 Å². The molecule has 0 aliphatic carbocycles. The number of benzene rings is 1. The van der Waals surface area contributed by atoms with E-state index in [1.54, 1.807) is 35.1 Å². The number of carbonyl (C=O) groups excluding carboxylic acids is 1. The molecule has 1 aliphatic heterocycles. The number of nitrogens with zero attached hydrogens (tertiary/aromatic N) is 3. The van der Waals surface area contributed by atoms with Crippen molar-refractivity contribution in [3.63, 3.8) is 0 Å². The molecule has 1 fully saturated rings. The van der Waals surface area contributed by atoms with Crippen LogP contribution >= 0.6 is 23.4 Å². The van der Waals surface area contributed by atoms with Crippen molar-refractivity contribution in [1.82, 2.24) is 14.5 Å². The molecule has 0 saturated carbocycles. The molecule has 28 heavy (non-hydrogen) atoms. The summed E-state index contributed by atoms with van der Waals surface area (Å²) in [5.41, 5.74) is 0.354. The predicted octanol–water partition coefficient (Wildman–Crippen LogP) is 3.80. The molecule has 1 amide bonds. The lowest BCUT2D eigenvalue weighted by Crippen LogP contribution is -2.37. The van der Waals surface area contributed by atoms with Crippen LogP contribution in [-0.4, -0.2) is 39.2 Å². The maximum atomic E-state index is 13.1. The molecular weight excluding hydrogens is 398 g/mol. The van der Waals surface area contributed by atoms with Gasteiger partial charge >= 0.3 is 0 Å². The Labute approximate surface area is 171 Å². The Morgan fingerprint density at radius 3 is 2.79 bits per heavy atom. The molecule has 0 spiro atoms. The highest BCUT2D eigenvalue weighted by Gasteiger charge is 2.19. The van der Waals surface area contributed by atoms with Crippen LogP contribution in [0.5, 0.6) is 0 Å². The number of hydrogen-bond donors (Lipinski definition) is 0. The molecule has 1 saturated heterocycles. The highest BCUT2D eigenvalue weighted by Crippen LogP contribution is 2.22. The fourth-order valence-electron chi connectivity index (χ4n) is 3.34. The van der Waals surface area contributed by atoms with Crippen LogP contribution in [0.4, 0.5) is 0 Å². The van der Waals surface area contributed by atoms with Gasteiger partial charge in [-0.15, -0.1) is 0 Å². The summed E-state index contributed by atoms with van der Waals surface area (Å²) in [4.78, 5) is 32.1. The highest BCUT2D eigenvalue weighted by molar-refractivity contribution is 7.99. The van der Waals surface area contributed by atoms with E-state index in [2.05, 4.69) is 4.98 Å². The van der Waals surface area contributed by atoms with E-state index in [0.29, 0.717) is 26.8 Å². The van der Waals surface area contributed by atoms with Gasteiger partial charge < -0.3 is 9.32 Å². The zero-order valence-electron chi connectivity index (χ0n) is 15.3. The molecule has 0 atom stereocenters. The lowest BCUT2D eigenvalue weighted by Gasteiger charge is -2.26. The first-order valence-corrected chi connectivity index (χ1v) is 10.6. The minimum Gasteiger partial charge on any atom is -0.467 e. The van der Waals surface area contributed by atoms with Gasteiger partial charge in [0.25, 0.3) is 5.56 Å². The number of fused-ring (bicyclic) bond motifs is 1. The summed E-state index contributed by atoms with van der Waals surface area (Å²) in [7, 11) is 0. The van der Waals surface area contributed by atoms with E-state index < -0.39 is 0 Å².